The fourth-order valence-electron chi connectivity index (χ4n) is 2.99. The summed E-state index contributed by atoms with van der Waals surface area (Å²) in [5, 5.41) is 0. The maximum absolute atomic E-state index is 11.0. The Morgan fingerprint density at radius 2 is 1.19 bits per heavy atom. The molecule has 0 saturated heterocycles. The number of hydrogen-bond acceptors (Lipinski definition) is 3. The largest absolute Gasteiger partial charge is 0.464 e. The number of carbonyl (C=O) groups excluding carboxylic acids is 1. The zero-order valence-corrected chi connectivity index (χ0v) is 17.6. The van der Waals surface area contributed by atoms with Crippen LogP contribution in [0, 0.1) is 0 Å². The van der Waals surface area contributed by atoms with E-state index in [-0.39, 0.29) is 6.79 Å². The molecule has 0 amide bonds. The van der Waals surface area contributed by atoms with Crippen molar-refractivity contribution in [2.75, 3.05) is 13.4 Å². The van der Waals surface area contributed by atoms with E-state index in [1.54, 1.807) is 0 Å². The van der Waals surface area contributed by atoms with Crippen LogP contribution in [0.1, 0.15) is 117 Å². The Hall–Kier alpha value is -0.830. The molecule has 0 heterocycles. The number of carbonyl (C=O) groups is 1. The van der Waals surface area contributed by atoms with Crippen LogP contribution in [-0.4, -0.2) is 19.7 Å². The van der Waals surface area contributed by atoms with Crippen molar-refractivity contribution >= 4 is 6.29 Å². The maximum atomic E-state index is 11.0. The number of rotatable bonds is 21. The zero-order valence-electron chi connectivity index (χ0n) is 17.6. The summed E-state index contributed by atoms with van der Waals surface area (Å²) in [7, 11) is 0. The third kappa shape index (κ3) is 19.5. The maximum Gasteiger partial charge on any atom is 0.189 e. The van der Waals surface area contributed by atoms with Crippen LogP contribution in [0.4, 0.5) is 0 Å². The normalized spacial score (nSPS) is 11.7. The highest BCUT2D eigenvalue weighted by Gasteiger charge is 1.97. The molecule has 0 rings (SSSR count). The summed E-state index contributed by atoms with van der Waals surface area (Å²) in [6.45, 7) is 5.40. The van der Waals surface area contributed by atoms with Gasteiger partial charge in [-0.3, -0.25) is 4.79 Å². The highest BCUT2D eigenvalue weighted by atomic mass is 16.7. The molecule has 26 heavy (non-hydrogen) atoms. The van der Waals surface area contributed by atoms with Gasteiger partial charge in [0.2, 0.25) is 0 Å². The van der Waals surface area contributed by atoms with Gasteiger partial charge in [0.25, 0.3) is 0 Å². The molecule has 3 heteroatoms. The molecule has 0 atom stereocenters. The predicted octanol–water partition coefficient (Wildman–Crippen LogP) is 7.34. The summed E-state index contributed by atoms with van der Waals surface area (Å²) < 4.78 is 10.9. The van der Waals surface area contributed by atoms with Crippen LogP contribution in [0.3, 0.4) is 0 Å². The molecule has 0 aliphatic carbocycles. The average molecular weight is 369 g/mol. The molecule has 0 N–H and O–H groups in total. The van der Waals surface area contributed by atoms with E-state index in [0.717, 1.165) is 32.2 Å². The van der Waals surface area contributed by atoms with Crippen LogP contribution in [0.5, 0.6) is 0 Å². The van der Waals surface area contributed by atoms with Gasteiger partial charge < -0.3 is 9.47 Å². The van der Waals surface area contributed by atoms with Gasteiger partial charge in [0.05, 0.1) is 6.61 Å². The standard InChI is InChI=1S/C23H44O3/c1-3-5-7-9-11-12-13-15-17-19-23(21-24)26-22-25-20-18-16-14-10-8-6-4-2/h19,21H,3-18,20,22H2,1-2H3/b23-19+. The first-order valence-electron chi connectivity index (χ1n) is 11.2. The average Bonchev–Trinajstić information content (AvgIpc) is 2.66. The van der Waals surface area contributed by atoms with Crippen LogP contribution >= 0.6 is 0 Å². The molecular weight excluding hydrogens is 324 g/mol. The SMILES string of the molecule is CCCCCCCCCC/C=C(\C=O)OCOCCCCCCCCC. The lowest BCUT2D eigenvalue weighted by Gasteiger charge is -2.07. The van der Waals surface area contributed by atoms with E-state index in [1.165, 1.54) is 83.5 Å². The van der Waals surface area contributed by atoms with Crippen molar-refractivity contribution in [3.63, 3.8) is 0 Å². The number of allylic oxidation sites excluding steroid dienone is 2. The molecular formula is C23H44O3. The molecule has 0 bridgehead atoms. The minimum atomic E-state index is 0.192. The Balaban J connectivity index is 3.41. The van der Waals surface area contributed by atoms with Crippen molar-refractivity contribution in [2.24, 2.45) is 0 Å². The van der Waals surface area contributed by atoms with E-state index in [9.17, 15) is 4.79 Å². The molecule has 0 aliphatic heterocycles. The van der Waals surface area contributed by atoms with Gasteiger partial charge in [-0.2, -0.15) is 0 Å². The molecule has 0 aromatic heterocycles. The van der Waals surface area contributed by atoms with E-state index in [4.69, 9.17) is 9.47 Å². The number of ether oxygens (including phenoxy) is 2. The molecule has 0 fully saturated rings. The van der Waals surface area contributed by atoms with Gasteiger partial charge >= 0.3 is 0 Å². The molecule has 154 valence electrons. The van der Waals surface area contributed by atoms with Gasteiger partial charge in [-0.25, -0.2) is 0 Å². The second kappa shape index (κ2) is 22.2. The van der Waals surface area contributed by atoms with Gasteiger partial charge in [-0.15, -0.1) is 0 Å². The molecule has 0 unspecified atom stereocenters. The van der Waals surface area contributed by atoms with E-state index in [2.05, 4.69) is 13.8 Å². The zero-order chi connectivity index (χ0) is 19.1. The van der Waals surface area contributed by atoms with Gasteiger partial charge in [0.15, 0.2) is 18.8 Å². The summed E-state index contributed by atoms with van der Waals surface area (Å²) in [5.41, 5.74) is 0. The molecule has 0 aromatic carbocycles. The second-order valence-corrected chi connectivity index (χ2v) is 7.28. The van der Waals surface area contributed by atoms with Crippen molar-refractivity contribution < 1.29 is 14.3 Å². The summed E-state index contributed by atoms with van der Waals surface area (Å²) in [4.78, 5) is 11.0. The third-order valence-electron chi connectivity index (χ3n) is 4.72. The predicted molar refractivity (Wildman–Crippen MR) is 111 cm³/mol. The molecule has 3 nitrogen and oxygen atoms in total. The highest BCUT2D eigenvalue weighted by Crippen LogP contribution is 2.11. The van der Waals surface area contributed by atoms with E-state index >= 15 is 0 Å². The van der Waals surface area contributed by atoms with Crippen molar-refractivity contribution in [2.45, 2.75) is 117 Å². The lowest BCUT2D eigenvalue weighted by atomic mass is 10.1. The quantitative estimate of drug-likeness (QED) is 0.0698. The van der Waals surface area contributed by atoms with Crippen LogP contribution in [0.2, 0.25) is 0 Å². The monoisotopic (exact) mass is 368 g/mol. The molecule has 0 spiro atoms. The smallest absolute Gasteiger partial charge is 0.189 e. The van der Waals surface area contributed by atoms with Crippen LogP contribution < -0.4 is 0 Å². The highest BCUT2D eigenvalue weighted by molar-refractivity contribution is 5.69. The lowest BCUT2D eigenvalue weighted by molar-refractivity contribution is -0.111. The molecule has 0 saturated carbocycles. The summed E-state index contributed by atoms with van der Waals surface area (Å²) in [5.74, 6) is 0.424. The summed E-state index contributed by atoms with van der Waals surface area (Å²) in [6, 6.07) is 0. The number of hydrogen-bond donors (Lipinski definition) is 0. The van der Waals surface area contributed by atoms with Gasteiger partial charge in [-0.05, 0) is 25.3 Å². The topological polar surface area (TPSA) is 35.5 Å². The molecule has 0 radical (unpaired) electrons. The Morgan fingerprint density at radius 3 is 1.73 bits per heavy atom. The van der Waals surface area contributed by atoms with Crippen molar-refractivity contribution in [3.05, 3.63) is 11.8 Å². The fraction of sp³-hybridized carbons (Fsp3) is 0.870. The fourth-order valence-corrected chi connectivity index (χ4v) is 2.99. The van der Waals surface area contributed by atoms with Crippen molar-refractivity contribution in [1.82, 2.24) is 0 Å². The Labute approximate surface area is 162 Å². The number of aldehydes is 1. The van der Waals surface area contributed by atoms with E-state index < -0.39 is 0 Å². The summed E-state index contributed by atoms with van der Waals surface area (Å²) in [6.07, 6.45) is 23.0. The first-order valence-corrected chi connectivity index (χ1v) is 11.2. The van der Waals surface area contributed by atoms with E-state index in [1.807, 2.05) is 6.08 Å². The third-order valence-corrected chi connectivity index (χ3v) is 4.72. The van der Waals surface area contributed by atoms with E-state index in [0.29, 0.717) is 5.76 Å². The lowest BCUT2D eigenvalue weighted by Crippen LogP contribution is -2.02. The Bertz CT molecular complexity index is 313. The van der Waals surface area contributed by atoms with Gasteiger partial charge in [0, 0.05) is 0 Å². The Morgan fingerprint density at radius 1 is 0.692 bits per heavy atom. The van der Waals surface area contributed by atoms with Crippen LogP contribution in [-0.2, 0) is 14.3 Å². The van der Waals surface area contributed by atoms with Crippen molar-refractivity contribution in [3.8, 4) is 0 Å². The molecule has 0 aromatic rings. The Kier molecular flexibility index (Phi) is 21.5. The second-order valence-electron chi connectivity index (χ2n) is 7.28. The minimum absolute atomic E-state index is 0.192. The first kappa shape index (κ1) is 25.2. The number of unbranched alkanes of at least 4 members (excludes halogenated alkanes) is 14. The first-order chi connectivity index (χ1) is 12.8. The summed E-state index contributed by atoms with van der Waals surface area (Å²) >= 11 is 0. The minimum Gasteiger partial charge on any atom is -0.464 e. The molecule has 0 aliphatic rings. The van der Waals surface area contributed by atoms with Gasteiger partial charge in [0.1, 0.15) is 0 Å². The van der Waals surface area contributed by atoms with Crippen molar-refractivity contribution in [1.29, 1.82) is 0 Å². The van der Waals surface area contributed by atoms with Gasteiger partial charge in [-0.1, -0.05) is 97.3 Å². The van der Waals surface area contributed by atoms with Crippen LogP contribution in [0.15, 0.2) is 11.8 Å². The van der Waals surface area contributed by atoms with Crippen LogP contribution in [0.25, 0.3) is 0 Å².